The predicted molar refractivity (Wildman–Crippen MR) is 168 cm³/mol. The number of hydrogen-bond acceptors (Lipinski definition) is 5. The lowest BCUT2D eigenvalue weighted by atomic mass is 9.95. The van der Waals surface area contributed by atoms with Gasteiger partial charge in [0.2, 0.25) is 0 Å². The fourth-order valence-corrected chi connectivity index (χ4v) is 6.19. The van der Waals surface area contributed by atoms with E-state index in [1.54, 1.807) is 4.57 Å². The first kappa shape index (κ1) is 27.4. The van der Waals surface area contributed by atoms with Crippen LogP contribution in [0.5, 0.6) is 5.75 Å². The van der Waals surface area contributed by atoms with E-state index in [-0.39, 0.29) is 11.5 Å². The lowest BCUT2D eigenvalue weighted by Crippen LogP contribution is -2.40. The van der Waals surface area contributed by atoms with E-state index >= 15 is 0 Å². The lowest BCUT2D eigenvalue weighted by molar-refractivity contribution is -0.113. The molecular formula is C34H26ClN3O3S. The number of rotatable bonds is 7. The molecule has 0 unspecified atom stereocenters. The van der Waals surface area contributed by atoms with Gasteiger partial charge in [-0.05, 0) is 54.5 Å². The minimum Gasteiger partial charge on any atom is -0.488 e. The van der Waals surface area contributed by atoms with Crippen LogP contribution in [0.25, 0.3) is 6.08 Å². The highest BCUT2D eigenvalue weighted by Gasteiger charge is 2.32. The molecule has 6 nitrogen and oxygen atoms in total. The molecule has 4 aromatic carbocycles. The van der Waals surface area contributed by atoms with E-state index in [1.807, 2.05) is 122 Å². The van der Waals surface area contributed by atoms with Crippen molar-refractivity contribution in [1.82, 2.24) is 4.57 Å². The molecule has 2 heterocycles. The molecule has 8 heteroatoms. The van der Waals surface area contributed by atoms with E-state index in [0.717, 1.165) is 16.7 Å². The van der Waals surface area contributed by atoms with E-state index in [2.05, 4.69) is 5.32 Å². The van der Waals surface area contributed by atoms with Crippen molar-refractivity contribution in [2.75, 3.05) is 5.32 Å². The number of fused-ring (bicyclic) bond motifs is 1. The molecule has 0 saturated heterocycles. The van der Waals surface area contributed by atoms with E-state index in [0.29, 0.717) is 43.7 Å². The van der Waals surface area contributed by atoms with E-state index in [4.69, 9.17) is 21.3 Å². The number of carbonyl (C=O) groups excluding carboxylic acids is 1. The van der Waals surface area contributed by atoms with Gasteiger partial charge >= 0.3 is 0 Å². The molecule has 208 valence electrons. The van der Waals surface area contributed by atoms with Crippen molar-refractivity contribution in [3.05, 3.63) is 162 Å². The van der Waals surface area contributed by atoms with Gasteiger partial charge in [0.25, 0.3) is 11.5 Å². The average molecular weight is 592 g/mol. The molecule has 0 aliphatic carbocycles. The number of allylic oxidation sites excluding steroid dienone is 1. The van der Waals surface area contributed by atoms with Crippen molar-refractivity contribution in [3.8, 4) is 5.75 Å². The van der Waals surface area contributed by atoms with Gasteiger partial charge in [0.05, 0.1) is 21.8 Å². The molecule has 0 bridgehead atoms. The largest absolute Gasteiger partial charge is 0.488 e. The summed E-state index contributed by atoms with van der Waals surface area (Å²) in [4.78, 5) is 33.0. The zero-order valence-corrected chi connectivity index (χ0v) is 24.2. The number of thiazole rings is 1. The number of carbonyl (C=O) groups is 1. The van der Waals surface area contributed by atoms with E-state index < -0.39 is 6.04 Å². The van der Waals surface area contributed by atoms with Crippen LogP contribution in [-0.2, 0) is 11.4 Å². The van der Waals surface area contributed by atoms with E-state index in [1.165, 1.54) is 11.3 Å². The summed E-state index contributed by atoms with van der Waals surface area (Å²) in [5.41, 5.74) is 3.96. The number of para-hydroxylation sites is 2. The number of benzene rings is 4. The first-order valence-electron chi connectivity index (χ1n) is 13.4. The summed E-state index contributed by atoms with van der Waals surface area (Å²) in [5, 5.41) is 3.62. The summed E-state index contributed by atoms with van der Waals surface area (Å²) >= 11 is 7.43. The highest BCUT2D eigenvalue weighted by atomic mass is 35.5. The van der Waals surface area contributed by atoms with Crippen LogP contribution in [0.2, 0.25) is 5.02 Å². The first-order chi connectivity index (χ1) is 20.5. The number of anilines is 1. The number of nitrogens with one attached hydrogen (secondary N) is 1. The molecule has 5 aromatic rings. The van der Waals surface area contributed by atoms with Gasteiger partial charge in [-0.2, -0.15) is 0 Å². The Labute approximate surface area is 251 Å². The molecule has 1 aliphatic heterocycles. The zero-order chi connectivity index (χ0) is 29.1. The van der Waals surface area contributed by atoms with Crippen LogP contribution in [0.15, 0.2) is 130 Å². The average Bonchev–Trinajstić information content (AvgIpc) is 3.30. The monoisotopic (exact) mass is 591 g/mol. The Morgan fingerprint density at radius 1 is 0.976 bits per heavy atom. The minimum absolute atomic E-state index is 0.227. The fourth-order valence-electron chi connectivity index (χ4n) is 4.94. The maximum Gasteiger partial charge on any atom is 0.271 e. The van der Waals surface area contributed by atoms with Crippen molar-refractivity contribution in [1.29, 1.82) is 0 Å². The van der Waals surface area contributed by atoms with Crippen molar-refractivity contribution in [2.24, 2.45) is 4.99 Å². The van der Waals surface area contributed by atoms with Crippen molar-refractivity contribution < 1.29 is 9.53 Å². The highest BCUT2D eigenvalue weighted by Crippen LogP contribution is 2.30. The number of hydrogen-bond donors (Lipinski definition) is 1. The lowest BCUT2D eigenvalue weighted by Gasteiger charge is -2.25. The van der Waals surface area contributed by atoms with Gasteiger partial charge in [-0.3, -0.25) is 14.2 Å². The third-order valence-corrected chi connectivity index (χ3v) is 8.12. The highest BCUT2D eigenvalue weighted by molar-refractivity contribution is 7.07. The molecule has 1 amide bonds. The van der Waals surface area contributed by atoms with Crippen LogP contribution < -0.4 is 24.9 Å². The van der Waals surface area contributed by atoms with Gasteiger partial charge in [0.1, 0.15) is 12.4 Å². The summed E-state index contributed by atoms with van der Waals surface area (Å²) in [6.45, 7) is 2.14. The first-order valence-corrected chi connectivity index (χ1v) is 14.6. The molecule has 1 aliphatic rings. The molecule has 0 radical (unpaired) electrons. The summed E-state index contributed by atoms with van der Waals surface area (Å²) in [5.74, 6) is 0.340. The molecule has 0 spiro atoms. The van der Waals surface area contributed by atoms with Crippen molar-refractivity contribution in [2.45, 2.75) is 19.6 Å². The van der Waals surface area contributed by atoms with Gasteiger partial charge in [-0.15, -0.1) is 0 Å². The summed E-state index contributed by atoms with van der Waals surface area (Å²) < 4.78 is 8.24. The van der Waals surface area contributed by atoms with Gasteiger partial charge in [-0.1, -0.05) is 102 Å². The topological polar surface area (TPSA) is 72.7 Å². The Balaban J connectivity index is 1.41. The Morgan fingerprint density at radius 2 is 1.69 bits per heavy atom. The summed E-state index contributed by atoms with van der Waals surface area (Å²) in [6, 6.07) is 33.3. The smallest absolute Gasteiger partial charge is 0.271 e. The number of ether oxygens (including phenoxy) is 1. The van der Waals surface area contributed by atoms with Gasteiger partial charge in [-0.25, -0.2) is 4.99 Å². The summed E-state index contributed by atoms with van der Waals surface area (Å²) in [7, 11) is 0. The Morgan fingerprint density at radius 3 is 2.45 bits per heavy atom. The molecule has 0 saturated carbocycles. The number of nitrogens with zero attached hydrogens (tertiary/aromatic N) is 2. The maximum atomic E-state index is 14.0. The number of aromatic nitrogens is 1. The second-order valence-corrected chi connectivity index (χ2v) is 11.2. The molecular weight excluding hydrogens is 566 g/mol. The SMILES string of the molecule is CC1=C(C(=O)Nc2ccccc2)[C@H](c2ccccc2)n2c(s/c(=C\c3ccccc3OCc3cccc(Cl)c3)c2=O)=N1. The molecule has 1 aromatic heterocycles. The number of amides is 1. The van der Waals surface area contributed by atoms with Gasteiger partial charge in [0, 0.05) is 16.3 Å². The second-order valence-electron chi connectivity index (χ2n) is 9.77. The van der Waals surface area contributed by atoms with Gasteiger partial charge < -0.3 is 10.1 Å². The van der Waals surface area contributed by atoms with Crippen LogP contribution in [0.4, 0.5) is 5.69 Å². The molecule has 6 rings (SSSR count). The zero-order valence-electron chi connectivity index (χ0n) is 22.7. The second kappa shape index (κ2) is 12.0. The normalized spacial score (nSPS) is 14.7. The molecule has 1 N–H and O–H groups in total. The standard InChI is InChI=1S/C34H26ClN3O3S/c1-22-30(32(39)37-27-16-6-3-7-17-27)31(24-12-4-2-5-13-24)38-33(40)29(42-34(38)36-22)20-25-14-8-9-18-28(25)41-21-23-11-10-15-26(35)19-23/h2-20,31H,21H2,1H3,(H,37,39)/b29-20-/t31-/m0/s1. The number of halogens is 1. The maximum absolute atomic E-state index is 14.0. The Hall–Kier alpha value is -4.72. The summed E-state index contributed by atoms with van der Waals surface area (Å²) in [6.07, 6.45) is 1.82. The predicted octanol–water partition coefficient (Wildman–Crippen LogP) is 6.11. The molecule has 0 fully saturated rings. The van der Waals surface area contributed by atoms with Gasteiger partial charge in [0.15, 0.2) is 4.80 Å². The molecule has 1 atom stereocenters. The van der Waals surface area contributed by atoms with Crippen LogP contribution in [-0.4, -0.2) is 10.5 Å². The van der Waals surface area contributed by atoms with Crippen molar-refractivity contribution >= 4 is 40.6 Å². The van der Waals surface area contributed by atoms with Crippen molar-refractivity contribution in [3.63, 3.8) is 0 Å². The van der Waals surface area contributed by atoms with Crippen LogP contribution in [0.1, 0.15) is 29.7 Å². The fraction of sp³-hybridized carbons (Fsp3) is 0.0882. The Kier molecular flexibility index (Phi) is 7.86. The van der Waals surface area contributed by atoms with Crippen LogP contribution >= 0.6 is 22.9 Å². The van der Waals surface area contributed by atoms with E-state index in [9.17, 15) is 9.59 Å². The third kappa shape index (κ3) is 5.70. The van der Waals surface area contributed by atoms with Crippen LogP contribution in [0.3, 0.4) is 0 Å². The molecule has 42 heavy (non-hydrogen) atoms. The minimum atomic E-state index is -0.636. The van der Waals surface area contributed by atoms with Crippen LogP contribution in [0, 0.1) is 0 Å². The third-order valence-electron chi connectivity index (χ3n) is 6.90. The quantitative estimate of drug-likeness (QED) is 0.248. The Bertz CT molecular complexity index is 1980.